The Morgan fingerprint density at radius 3 is 1.95 bits per heavy atom. The van der Waals surface area contributed by atoms with E-state index in [1.807, 2.05) is 60.7 Å². The van der Waals surface area contributed by atoms with Crippen molar-refractivity contribution in [3.05, 3.63) is 102 Å². The summed E-state index contributed by atoms with van der Waals surface area (Å²) < 4.78 is 0. The Labute approximate surface area is 255 Å². The van der Waals surface area contributed by atoms with Crippen LogP contribution in [0.1, 0.15) is 36.8 Å². The molecule has 1 fully saturated rings. The van der Waals surface area contributed by atoms with Crippen molar-refractivity contribution < 1.29 is 29.1 Å². The van der Waals surface area contributed by atoms with Gasteiger partial charge in [-0.2, -0.15) is 4.99 Å². The first-order valence-electron chi connectivity index (χ1n) is 14.5. The van der Waals surface area contributed by atoms with Crippen LogP contribution in [0.15, 0.2) is 96.0 Å². The topological polar surface area (TPSA) is 157 Å². The minimum atomic E-state index is -1.29. The Kier molecular flexibility index (Phi) is 11.3. The van der Waals surface area contributed by atoms with Crippen molar-refractivity contribution in [3.8, 4) is 0 Å². The number of carbonyl (C=O) groups is 5. The molecule has 4 rings (SSSR count). The number of aliphatic carboxylic acids is 1. The SMILES string of the molecule is O=C(CCc1ccccc1)/N=C(\NCCCC1C(=O)N(C(=O)Nc2ccccc2)C1C(=O)O)NC(=O)CCc1ccccc1. The first-order valence-corrected chi connectivity index (χ1v) is 14.5. The van der Waals surface area contributed by atoms with Crippen molar-refractivity contribution in [2.75, 3.05) is 11.9 Å². The average molecular weight is 598 g/mol. The number of carboxylic acid groups (broad SMARTS) is 1. The lowest BCUT2D eigenvalue weighted by Gasteiger charge is -2.42. The van der Waals surface area contributed by atoms with Crippen LogP contribution >= 0.6 is 0 Å². The molecule has 11 heteroatoms. The monoisotopic (exact) mass is 597 g/mol. The standard InChI is InChI=1S/C33H35N5O6/c39-27(20-18-23-11-4-1-5-12-23)36-32(37-28(40)21-19-24-13-6-2-7-14-24)34-22-10-17-26-29(31(42)43)38(30(26)41)33(44)35-25-15-8-3-9-16-25/h1-9,11-16,26,29H,10,17-22H2,(H,35,44)(H,42,43)(H2,34,36,37,39,40). The van der Waals surface area contributed by atoms with Gasteiger partial charge in [0.2, 0.25) is 23.7 Å². The lowest BCUT2D eigenvalue weighted by atomic mass is 9.84. The Bertz CT molecular complexity index is 1480. The van der Waals surface area contributed by atoms with Crippen molar-refractivity contribution in [1.82, 2.24) is 15.5 Å². The minimum Gasteiger partial charge on any atom is -0.480 e. The zero-order chi connectivity index (χ0) is 31.3. The van der Waals surface area contributed by atoms with Crippen LogP contribution in [0.3, 0.4) is 0 Å². The van der Waals surface area contributed by atoms with Gasteiger partial charge in [-0.15, -0.1) is 0 Å². The Morgan fingerprint density at radius 2 is 1.36 bits per heavy atom. The number of aliphatic imine (C=N–C) groups is 1. The molecule has 0 spiro atoms. The predicted molar refractivity (Wildman–Crippen MR) is 165 cm³/mol. The lowest BCUT2D eigenvalue weighted by molar-refractivity contribution is -0.165. The summed E-state index contributed by atoms with van der Waals surface area (Å²) in [6, 6.07) is 25.4. The highest BCUT2D eigenvalue weighted by atomic mass is 16.4. The normalized spacial score (nSPS) is 16.0. The summed E-state index contributed by atoms with van der Waals surface area (Å²) in [4.78, 5) is 67.4. The number of β-lactam (4-membered cyclic amide) rings is 1. The summed E-state index contributed by atoms with van der Waals surface area (Å²) in [5, 5.41) is 17.9. The van der Waals surface area contributed by atoms with Crippen LogP contribution in [0.4, 0.5) is 10.5 Å². The fraction of sp³-hybridized carbons (Fsp3) is 0.273. The number of guanidine groups is 1. The van der Waals surface area contributed by atoms with E-state index < -0.39 is 35.8 Å². The first-order chi connectivity index (χ1) is 21.3. The number of nitrogens with one attached hydrogen (secondary N) is 3. The van der Waals surface area contributed by atoms with E-state index in [1.54, 1.807) is 30.3 Å². The number of carbonyl (C=O) groups excluding carboxylic acids is 4. The minimum absolute atomic E-state index is 0.000269. The summed E-state index contributed by atoms with van der Waals surface area (Å²) in [6.07, 6.45) is 1.83. The van der Waals surface area contributed by atoms with Crippen LogP contribution in [0.5, 0.6) is 0 Å². The zero-order valence-electron chi connectivity index (χ0n) is 24.1. The molecular weight excluding hydrogens is 562 g/mol. The van der Waals surface area contributed by atoms with E-state index in [-0.39, 0.29) is 37.7 Å². The van der Waals surface area contributed by atoms with Crippen LogP contribution in [0.25, 0.3) is 0 Å². The van der Waals surface area contributed by atoms with E-state index >= 15 is 0 Å². The highest BCUT2D eigenvalue weighted by Crippen LogP contribution is 2.31. The van der Waals surface area contributed by atoms with Gasteiger partial charge in [-0.25, -0.2) is 14.5 Å². The molecule has 1 aliphatic rings. The van der Waals surface area contributed by atoms with Crippen LogP contribution in [0.2, 0.25) is 0 Å². The number of aryl methyl sites for hydroxylation is 2. The van der Waals surface area contributed by atoms with Gasteiger partial charge in [-0.3, -0.25) is 19.7 Å². The maximum Gasteiger partial charge on any atom is 0.329 e. The summed E-state index contributed by atoms with van der Waals surface area (Å²) in [6.45, 7) is 0.204. The molecule has 2 atom stereocenters. The number of rotatable bonds is 12. The fourth-order valence-corrected chi connectivity index (χ4v) is 4.86. The first kappa shape index (κ1) is 31.6. The molecule has 1 saturated heterocycles. The van der Waals surface area contributed by atoms with Crippen LogP contribution in [-0.2, 0) is 32.0 Å². The third-order valence-corrected chi connectivity index (χ3v) is 7.14. The molecule has 5 amide bonds. The van der Waals surface area contributed by atoms with Gasteiger partial charge in [0.25, 0.3) is 0 Å². The molecule has 0 aliphatic carbocycles. The number of carboxylic acids is 1. The van der Waals surface area contributed by atoms with E-state index in [2.05, 4.69) is 20.9 Å². The number of hydrogen-bond acceptors (Lipinski definition) is 5. The van der Waals surface area contributed by atoms with E-state index in [4.69, 9.17) is 0 Å². The highest BCUT2D eigenvalue weighted by Gasteiger charge is 2.54. The summed E-state index contributed by atoms with van der Waals surface area (Å²) in [7, 11) is 0. The lowest BCUT2D eigenvalue weighted by Crippen LogP contribution is -2.67. The number of anilines is 1. The van der Waals surface area contributed by atoms with Crippen molar-refractivity contribution in [3.63, 3.8) is 0 Å². The summed E-state index contributed by atoms with van der Waals surface area (Å²) in [5.74, 6) is -3.48. The van der Waals surface area contributed by atoms with Crippen molar-refractivity contribution >= 4 is 41.4 Å². The molecule has 0 bridgehead atoms. The molecule has 2 unspecified atom stereocenters. The van der Waals surface area contributed by atoms with Crippen molar-refractivity contribution in [2.45, 2.75) is 44.6 Å². The largest absolute Gasteiger partial charge is 0.480 e. The third kappa shape index (κ3) is 9.09. The van der Waals surface area contributed by atoms with Gasteiger partial charge >= 0.3 is 12.0 Å². The number of hydrogen-bond donors (Lipinski definition) is 4. The van der Waals surface area contributed by atoms with Gasteiger partial charge in [0.1, 0.15) is 0 Å². The summed E-state index contributed by atoms with van der Waals surface area (Å²) >= 11 is 0. The second-order valence-electron chi connectivity index (χ2n) is 10.3. The van der Waals surface area contributed by atoms with E-state index in [9.17, 15) is 29.1 Å². The van der Waals surface area contributed by atoms with Gasteiger partial charge in [0.05, 0.1) is 5.92 Å². The molecule has 11 nitrogen and oxygen atoms in total. The number of nitrogens with zero attached hydrogens (tertiary/aromatic N) is 2. The summed E-state index contributed by atoms with van der Waals surface area (Å²) in [5.41, 5.74) is 2.43. The fourth-order valence-electron chi connectivity index (χ4n) is 4.86. The molecule has 0 radical (unpaired) electrons. The molecule has 44 heavy (non-hydrogen) atoms. The smallest absolute Gasteiger partial charge is 0.329 e. The molecule has 0 aromatic heterocycles. The molecule has 1 heterocycles. The Hall–Kier alpha value is -5.32. The molecule has 3 aromatic carbocycles. The number of urea groups is 1. The number of imide groups is 1. The molecule has 228 valence electrons. The third-order valence-electron chi connectivity index (χ3n) is 7.14. The predicted octanol–water partition coefficient (Wildman–Crippen LogP) is 3.76. The van der Waals surface area contributed by atoms with Crippen LogP contribution in [0, 0.1) is 5.92 Å². The second-order valence-corrected chi connectivity index (χ2v) is 10.3. The zero-order valence-corrected chi connectivity index (χ0v) is 24.1. The molecule has 1 aliphatic heterocycles. The van der Waals surface area contributed by atoms with Crippen LogP contribution < -0.4 is 16.0 Å². The highest BCUT2D eigenvalue weighted by molar-refractivity contribution is 6.11. The van der Waals surface area contributed by atoms with Crippen molar-refractivity contribution in [2.24, 2.45) is 10.9 Å². The molecule has 4 N–H and O–H groups in total. The van der Waals surface area contributed by atoms with E-state index in [1.165, 1.54) is 0 Å². The number of amides is 5. The van der Waals surface area contributed by atoms with E-state index in [0.717, 1.165) is 16.0 Å². The van der Waals surface area contributed by atoms with Crippen molar-refractivity contribution in [1.29, 1.82) is 0 Å². The Balaban J connectivity index is 1.31. The maximum atomic E-state index is 12.8. The van der Waals surface area contributed by atoms with Gasteiger partial charge in [0.15, 0.2) is 6.04 Å². The quantitative estimate of drug-likeness (QED) is 0.107. The van der Waals surface area contributed by atoms with E-state index in [0.29, 0.717) is 24.9 Å². The van der Waals surface area contributed by atoms with Gasteiger partial charge in [-0.1, -0.05) is 78.9 Å². The van der Waals surface area contributed by atoms with Gasteiger partial charge < -0.3 is 15.7 Å². The van der Waals surface area contributed by atoms with Gasteiger partial charge in [-0.05, 0) is 48.9 Å². The van der Waals surface area contributed by atoms with Gasteiger partial charge in [0, 0.05) is 25.1 Å². The molecule has 3 aromatic rings. The Morgan fingerprint density at radius 1 is 0.795 bits per heavy atom. The van der Waals surface area contributed by atoms with Crippen LogP contribution in [-0.4, -0.2) is 58.3 Å². The number of benzene rings is 3. The molecular formula is C33H35N5O6. The molecule has 0 saturated carbocycles. The second kappa shape index (κ2) is 15.8. The number of likely N-dealkylation sites (tertiary alicyclic amines) is 1. The average Bonchev–Trinajstić information content (AvgIpc) is 3.02. The number of para-hydroxylation sites is 1. The maximum absolute atomic E-state index is 12.8.